The van der Waals surface area contributed by atoms with Gasteiger partial charge in [0.1, 0.15) is 0 Å². The molecule has 0 atom stereocenters. The number of nitrogens with zero attached hydrogens (tertiary/aromatic N) is 1. The summed E-state index contributed by atoms with van der Waals surface area (Å²) in [6, 6.07) is 0. The molecule has 0 saturated carbocycles. The third-order valence-electron chi connectivity index (χ3n) is 2.53. The van der Waals surface area contributed by atoms with Crippen molar-refractivity contribution in [3.8, 4) is 0 Å². The van der Waals surface area contributed by atoms with Crippen LogP contribution in [0.15, 0.2) is 0 Å². The van der Waals surface area contributed by atoms with Crippen molar-refractivity contribution in [3.63, 3.8) is 0 Å². The van der Waals surface area contributed by atoms with Gasteiger partial charge in [-0.2, -0.15) is 0 Å². The normalized spacial score (nSPS) is 17.1. The van der Waals surface area contributed by atoms with Crippen LogP contribution >= 0.6 is 0 Å². The Balaban J connectivity index is 2.07. The van der Waals surface area contributed by atoms with E-state index in [0.717, 1.165) is 32.2 Å². The van der Waals surface area contributed by atoms with Gasteiger partial charge in [0, 0.05) is 13.0 Å². The topological polar surface area (TPSA) is 29.5 Å². The van der Waals surface area contributed by atoms with Crippen molar-refractivity contribution in [2.45, 2.75) is 51.9 Å². The molecular weight excluding hydrogens is 178 g/mol. The van der Waals surface area contributed by atoms with Gasteiger partial charge in [0.2, 0.25) is 5.91 Å². The van der Waals surface area contributed by atoms with Crippen LogP contribution in [0.25, 0.3) is 0 Å². The fraction of sp³-hybridized carbons (Fsp3) is 0.909. The Labute approximate surface area is 86.4 Å². The van der Waals surface area contributed by atoms with Gasteiger partial charge in [0.05, 0.1) is 6.61 Å². The SMILES string of the molecule is CCCCCCC(=O)N1CCCCO1. The van der Waals surface area contributed by atoms with Crippen molar-refractivity contribution in [1.29, 1.82) is 0 Å². The Morgan fingerprint density at radius 1 is 1.29 bits per heavy atom. The van der Waals surface area contributed by atoms with Gasteiger partial charge < -0.3 is 0 Å². The van der Waals surface area contributed by atoms with Crippen LogP contribution in [0.5, 0.6) is 0 Å². The molecular formula is C11H21NO2. The molecule has 0 N–H and O–H groups in total. The molecule has 0 aromatic heterocycles. The molecule has 1 aliphatic heterocycles. The Kier molecular flexibility index (Phi) is 5.60. The summed E-state index contributed by atoms with van der Waals surface area (Å²) in [6.07, 6.45) is 7.44. The second kappa shape index (κ2) is 6.82. The molecule has 1 aliphatic rings. The van der Waals surface area contributed by atoms with E-state index in [-0.39, 0.29) is 5.91 Å². The molecule has 0 radical (unpaired) electrons. The van der Waals surface area contributed by atoms with E-state index >= 15 is 0 Å². The first-order valence-corrected chi connectivity index (χ1v) is 5.78. The third kappa shape index (κ3) is 4.09. The number of carbonyl (C=O) groups is 1. The summed E-state index contributed by atoms with van der Waals surface area (Å²) in [5.41, 5.74) is 0. The molecule has 0 spiro atoms. The van der Waals surface area contributed by atoms with Gasteiger partial charge in [-0.3, -0.25) is 9.63 Å². The van der Waals surface area contributed by atoms with Gasteiger partial charge in [-0.1, -0.05) is 26.2 Å². The molecule has 1 fully saturated rings. The average Bonchev–Trinajstić information content (AvgIpc) is 2.25. The quantitative estimate of drug-likeness (QED) is 0.637. The maximum atomic E-state index is 11.6. The number of amides is 1. The molecule has 1 rings (SSSR count). The lowest BCUT2D eigenvalue weighted by atomic mass is 10.1. The lowest BCUT2D eigenvalue weighted by Crippen LogP contribution is -2.35. The zero-order valence-electron chi connectivity index (χ0n) is 9.13. The van der Waals surface area contributed by atoms with E-state index in [9.17, 15) is 4.79 Å². The summed E-state index contributed by atoms with van der Waals surface area (Å²) in [5, 5.41) is 1.55. The van der Waals surface area contributed by atoms with Crippen molar-refractivity contribution in [1.82, 2.24) is 5.06 Å². The summed E-state index contributed by atoms with van der Waals surface area (Å²) in [7, 11) is 0. The monoisotopic (exact) mass is 199 g/mol. The maximum Gasteiger partial charge on any atom is 0.246 e. The van der Waals surface area contributed by atoms with Gasteiger partial charge in [0.25, 0.3) is 0 Å². The molecule has 3 nitrogen and oxygen atoms in total. The average molecular weight is 199 g/mol. The number of hydrogen-bond donors (Lipinski definition) is 0. The van der Waals surface area contributed by atoms with Gasteiger partial charge in [0.15, 0.2) is 0 Å². The van der Waals surface area contributed by atoms with Crippen molar-refractivity contribution < 1.29 is 9.63 Å². The third-order valence-corrected chi connectivity index (χ3v) is 2.53. The number of carbonyl (C=O) groups excluding carboxylic acids is 1. The Morgan fingerprint density at radius 2 is 2.14 bits per heavy atom. The van der Waals surface area contributed by atoms with Crippen LogP contribution in [0, 0.1) is 0 Å². The smallest absolute Gasteiger partial charge is 0.246 e. The van der Waals surface area contributed by atoms with Gasteiger partial charge in [-0.05, 0) is 19.3 Å². The van der Waals surface area contributed by atoms with E-state index in [1.54, 1.807) is 5.06 Å². The minimum absolute atomic E-state index is 0.167. The van der Waals surface area contributed by atoms with E-state index in [0.29, 0.717) is 13.0 Å². The van der Waals surface area contributed by atoms with Crippen molar-refractivity contribution >= 4 is 5.91 Å². The Hall–Kier alpha value is -0.570. The molecule has 0 aromatic rings. The van der Waals surface area contributed by atoms with E-state index in [2.05, 4.69) is 6.92 Å². The molecule has 0 bridgehead atoms. The number of unbranched alkanes of at least 4 members (excludes halogenated alkanes) is 3. The lowest BCUT2D eigenvalue weighted by Gasteiger charge is -2.25. The molecule has 1 heterocycles. The van der Waals surface area contributed by atoms with Gasteiger partial charge in [-0.25, -0.2) is 5.06 Å². The molecule has 82 valence electrons. The first-order valence-electron chi connectivity index (χ1n) is 5.78. The van der Waals surface area contributed by atoms with E-state index in [4.69, 9.17) is 4.84 Å². The summed E-state index contributed by atoms with van der Waals surface area (Å²) in [4.78, 5) is 16.8. The number of hydroxylamine groups is 2. The number of rotatable bonds is 5. The van der Waals surface area contributed by atoms with Crippen molar-refractivity contribution in [3.05, 3.63) is 0 Å². The van der Waals surface area contributed by atoms with Gasteiger partial charge >= 0.3 is 0 Å². The molecule has 1 saturated heterocycles. The second-order valence-corrected chi connectivity index (χ2v) is 3.85. The lowest BCUT2D eigenvalue weighted by molar-refractivity contribution is -0.197. The fourth-order valence-corrected chi connectivity index (χ4v) is 1.62. The Morgan fingerprint density at radius 3 is 2.79 bits per heavy atom. The summed E-state index contributed by atoms with van der Waals surface area (Å²) < 4.78 is 0. The molecule has 0 aromatic carbocycles. The number of hydrogen-bond acceptors (Lipinski definition) is 2. The summed E-state index contributed by atoms with van der Waals surface area (Å²) >= 11 is 0. The predicted molar refractivity (Wildman–Crippen MR) is 55.7 cm³/mol. The van der Waals surface area contributed by atoms with Crippen molar-refractivity contribution in [2.24, 2.45) is 0 Å². The first-order chi connectivity index (χ1) is 6.84. The molecule has 0 aliphatic carbocycles. The highest BCUT2D eigenvalue weighted by atomic mass is 16.7. The fourth-order valence-electron chi connectivity index (χ4n) is 1.62. The van der Waals surface area contributed by atoms with Crippen LogP contribution in [0.3, 0.4) is 0 Å². The Bertz CT molecular complexity index is 165. The van der Waals surface area contributed by atoms with Crippen LogP contribution in [0.1, 0.15) is 51.9 Å². The van der Waals surface area contributed by atoms with Crippen LogP contribution in [0.2, 0.25) is 0 Å². The van der Waals surface area contributed by atoms with E-state index in [1.165, 1.54) is 12.8 Å². The highest BCUT2D eigenvalue weighted by Gasteiger charge is 2.16. The zero-order valence-corrected chi connectivity index (χ0v) is 9.13. The van der Waals surface area contributed by atoms with Crippen LogP contribution in [-0.4, -0.2) is 24.1 Å². The minimum atomic E-state index is 0.167. The standard InChI is InChI=1S/C11H21NO2/c1-2-3-4-5-8-11(13)12-9-6-7-10-14-12/h2-10H2,1H3. The predicted octanol–water partition coefficient (Wildman–Crippen LogP) is 2.51. The second-order valence-electron chi connectivity index (χ2n) is 3.85. The zero-order chi connectivity index (χ0) is 10.2. The van der Waals surface area contributed by atoms with Gasteiger partial charge in [-0.15, -0.1) is 0 Å². The van der Waals surface area contributed by atoms with E-state index < -0.39 is 0 Å². The highest BCUT2D eigenvalue weighted by molar-refractivity contribution is 5.75. The molecule has 3 heteroatoms. The molecule has 1 amide bonds. The largest absolute Gasteiger partial charge is 0.273 e. The summed E-state index contributed by atoms with van der Waals surface area (Å²) in [5.74, 6) is 0.167. The molecule has 14 heavy (non-hydrogen) atoms. The summed E-state index contributed by atoms with van der Waals surface area (Å²) in [6.45, 7) is 3.67. The van der Waals surface area contributed by atoms with Crippen LogP contribution < -0.4 is 0 Å². The van der Waals surface area contributed by atoms with Crippen LogP contribution in [0.4, 0.5) is 0 Å². The molecule has 0 unspecified atom stereocenters. The van der Waals surface area contributed by atoms with E-state index in [1.807, 2.05) is 0 Å². The maximum absolute atomic E-state index is 11.6. The highest BCUT2D eigenvalue weighted by Crippen LogP contribution is 2.10. The minimum Gasteiger partial charge on any atom is -0.273 e. The van der Waals surface area contributed by atoms with Crippen molar-refractivity contribution in [2.75, 3.05) is 13.2 Å². The first kappa shape index (κ1) is 11.5. The van der Waals surface area contributed by atoms with Crippen LogP contribution in [-0.2, 0) is 9.63 Å².